The van der Waals surface area contributed by atoms with Gasteiger partial charge in [-0.1, -0.05) is 26.0 Å². The molecule has 6 nitrogen and oxygen atoms in total. The molecule has 198 valence electrons. The van der Waals surface area contributed by atoms with Crippen molar-refractivity contribution in [3.05, 3.63) is 23.3 Å². The van der Waals surface area contributed by atoms with E-state index in [4.69, 9.17) is 4.74 Å². The molecule has 7 aliphatic rings. The Balaban J connectivity index is 1.30. The highest BCUT2D eigenvalue weighted by atomic mass is 16.5. The van der Waals surface area contributed by atoms with E-state index in [1.807, 2.05) is 13.0 Å². The molecule has 0 aromatic rings. The minimum Gasteiger partial charge on any atom is -0.461 e. The van der Waals surface area contributed by atoms with Gasteiger partial charge in [0.25, 0.3) is 0 Å². The molecule has 0 radical (unpaired) electrons. The summed E-state index contributed by atoms with van der Waals surface area (Å²) in [4.78, 5) is 26.6. The molecule has 5 saturated carbocycles. The van der Waals surface area contributed by atoms with Gasteiger partial charge in [-0.15, -0.1) is 0 Å². The van der Waals surface area contributed by atoms with Crippen molar-refractivity contribution in [3.8, 4) is 0 Å². The van der Waals surface area contributed by atoms with Gasteiger partial charge in [0, 0.05) is 18.3 Å². The van der Waals surface area contributed by atoms with Crippen molar-refractivity contribution in [2.24, 2.45) is 46.8 Å². The lowest BCUT2D eigenvalue weighted by Crippen LogP contribution is -2.63. The van der Waals surface area contributed by atoms with Crippen LogP contribution in [0.1, 0.15) is 78.6 Å². The van der Waals surface area contributed by atoms with Crippen molar-refractivity contribution in [2.75, 3.05) is 6.61 Å². The molecule has 7 atom stereocenters. The molecule has 0 amide bonds. The van der Waals surface area contributed by atoms with Crippen LogP contribution in [0.4, 0.5) is 0 Å². The number of carbonyl (C=O) groups excluding carboxylic acids is 2. The van der Waals surface area contributed by atoms with Crippen molar-refractivity contribution < 1.29 is 29.6 Å². The van der Waals surface area contributed by atoms with Crippen molar-refractivity contribution >= 4 is 11.8 Å². The van der Waals surface area contributed by atoms with Crippen LogP contribution in [0, 0.1) is 46.8 Å². The van der Waals surface area contributed by atoms with E-state index < -0.39 is 29.1 Å². The summed E-state index contributed by atoms with van der Waals surface area (Å²) in [5, 5.41) is 34.1. The van der Waals surface area contributed by atoms with Crippen LogP contribution >= 0.6 is 0 Å². The second kappa shape index (κ2) is 8.25. The number of Topliss-reactive ketones (excluding diaryl/α,β-unsaturated/α-hetero) is 1. The van der Waals surface area contributed by atoms with Gasteiger partial charge in [0.05, 0.1) is 18.6 Å². The second-order valence-corrected chi connectivity index (χ2v) is 13.8. The fourth-order valence-electron chi connectivity index (χ4n) is 10.2. The third-order valence-corrected chi connectivity index (χ3v) is 11.2. The van der Waals surface area contributed by atoms with Crippen molar-refractivity contribution in [2.45, 2.75) is 95.9 Å². The van der Waals surface area contributed by atoms with E-state index in [9.17, 15) is 24.9 Å². The molecule has 5 fully saturated rings. The normalized spacial score (nSPS) is 51.2. The van der Waals surface area contributed by atoms with E-state index in [0.29, 0.717) is 24.0 Å². The zero-order chi connectivity index (χ0) is 25.6. The van der Waals surface area contributed by atoms with E-state index in [-0.39, 0.29) is 42.0 Å². The Morgan fingerprint density at radius 2 is 1.64 bits per heavy atom. The maximum Gasteiger partial charge on any atom is 0.306 e. The first-order valence-electron chi connectivity index (χ1n) is 14.2. The van der Waals surface area contributed by atoms with Crippen LogP contribution in [0.2, 0.25) is 0 Å². The van der Waals surface area contributed by atoms with Crippen LogP contribution in [0.15, 0.2) is 23.3 Å². The summed E-state index contributed by atoms with van der Waals surface area (Å²) in [6.45, 7) is 5.38. The molecule has 0 aromatic carbocycles. The van der Waals surface area contributed by atoms with Crippen molar-refractivity contribution in [3.63, 3.8) is 0 Å². The molecule has 0 heterocycles. The second-order valence-electron chi connectivity index (χ2n) is 13.8. The Kier molecular flexibility index (Phi) is 5.69. The molecule has 7 rings (SSSR count). The summed E-state index contributed by atoms with van der Waals surface area (Å²) in [5.74, 6) is 0.0728. The monoisotopic (exact) mass is 498 g/mol. The number of esters is 1. The third kappa shape index (κ3) is 3.54. The standard InChI is InChI=1S/C30H42O6/c1-16-4-18(3)30(35)23(9-22(15-31)13-29(34)24(30)5-17(2)27(29)33)26(16)36-25(32)14-28-10-19-6-20(11-28)8-21(7-19)12-28/h5,9,16,18-21,23-24,26,31,34-35H,4,6-8,10-15H2,1-3H3/t16-,18-,19?,20?,21?,23+,24-,26+,28?,29-,30-/m1/s1. The lowest BCUT2D eigenvalue weighted by Gasteiger charge is -2.57. The Labute approximate surface area is 214 Å². The van der Waals surface area contributed by atoms with E-state index in [2.05, 4.69) is 6.92 Å². The van der Waals surface area contributed by atoms with Crippen LogP contribution in [0.5, 0.6) is 0 Å². The number of ether oxygens (including phenoxy) is 1. The molecule has 0 spiro atoms. The van der Waals surface area contributed by atoms with Gasteiger partial charge >= 0.3 is 5.97 Å². The summed E-state index contributed by atoms with van der Waals surface area (Å²) in [5.41, 5.74) is -2.22. The maximum absolute atomic E-state index is 13.5. The number of aliphatic hydroxyl groups is 3. The molecule has 7 aliphatic carbocycles. The summed E-state index contributed by atoms with van der Waals surface area (Å²) in [6.07, 6.45) is 11.4. The first-order chi connectivity index (χ1) is 17.0. The van der Waals surface area contributed by atoms with Crippen LogP contribution < -0.4 is 0 Å². The van der Waals surface area contributed by atoms with E-state index in [1.54, 1.807) is 13.0 Å². The van der Waals surface area contributed by atoms with Crippen LogP contribution in [-0.2, 0) is 14.3 Å². The number of rotatable bonds is 4. The molecule has 3 N–H and O–H groups in total. The number of carbonyl (C=O) groups is 2. The molecule has 0 saturated heterocycles. The van der Waals surface area contributed by atoms with Crippen molar-refractivity contribution in [1.29, 1.82) is 0 Å². The average molecular weight is 499 g/mol. The maximum atomic E-state index is 13.5. The molecule has 4 bridgehead atoms. The average Bonchev–Trinajstić information content (AvgIpc) is 2.95. The fraction of sp³-hybridized carbons (Fsp3) is 0.800. The molecule has 0 aliphatic heterocycles. The van der Waals surface area contributed by atoms with Gasteiger partial charge in [-0.2, -0.15) is 0 Å². The Morgan fingerprint density at radius 3 is 2.22 bits per heavy atom. The topological polar surface area (TPSA) is 104 Å². The first-order valence-corrected chi connectivity index (χ1v) is 14.2. The molecular formula is C30H42O6. The van der Waals surface area contributed by atoms with Crippen LogP contribution in [-0.4, -0.2) is 51.0 Å². The Bertz CT molecular complexity index is 991. The minimum absolute atomic E-state index is 0.00940. The van der Waals surface area contributed by atoms with Gasteiger partial charge in [-0.25, -0.2) is 0 Å². The number of aliphatic hydroxyl groups excluding tert-OH is 1. The molecule has 0 aromatic heterocycles. The summed E-state index contributed by atoms with van der Waals surface area (Å²) in [7, 11) is 0. The molecular weight excluding hydrogens is 456 g/mol. The highest BCUT2D eigenvalue weighted by Gasteiger charge is 2.65. The first kappa shape index (κ1) is 24.8. The zero-order valence-corrected chi connectivity index (χ0v) is 21.9. The van der Waals surface area contributed by atoms with Gasteiger partial charge < -0.3 is 20.1 Å². The molecule has 36 heavy (non-hydrogen) atoms. The van der Waals surface area contributed by atoms with Gasteiger partial charge in [-0.3, -0.25) is 9.59 Å². The number of hydrogen-bond donors (Lipinski definition) is 3. The van der Waals surface area contributed by atoms with Gasteiger partial charge in [-0.05, 0) is 98.0 Å². The highest BCUT2D eigenvalue weighted by Crippen LogP contribution is 2.62. The van der Waals surface area contributed by atoms with Crippen LogP contribution in [0.3, 0.4) is 0 Å². The lowest BCUT2D eigenvalue weighted by atomic mass is 9.49. The number of fused-ring (bicyclic) bond motifs is 3. The highest BCUT2D eigenvalue weighted by molar-refractivity contribution is 6.04. The summed E-state index contributed by atoms with van der Waals surface area (Å²) in [6, 6.07) is 0. The number of ketones is 1. The molecule has 6 heteroatoms. The Morgan fingerprint density at radius 1 is 1.03 bits per heavy atom. The third-order valence-electron chi connectivity index (χ3n) is 11.2. The van der Waals surface area contributed by atoms with E-state index in [0.717, 1.165) is 37.0 Å². The Hall–Kier alpha value is -1.50. The molecule has 0 unspecified atom stereocenters. The largest absolute Gasteiger partial charge is 0.461 e. The predicted octanol–water partition coefficient (Wildman–Crippen LogP) is 3.73. The smallest absolute Gasteiger partial charge is 0.306 e. The van der Waals surface area contributed by atoms with Gasteiger partial charge in [0.2, 0.25) is 0 Å². The van der Waals surface area contributed by atoms with E-state index >= 15 is 0 Å². The van der Waals surface area contributed by atoms with Gasteiger partial charge in [0.1, 0.15) is 11.7 Å². The van der Waals surface area contributed by atoms with Crippen molar-refractivity contribution in [1.82, 2.24) is 0 Å². The SMILES string of the molecule is CC1=C[C@H]2[C@@]3(O)[C@H](C)C[C@@H](C)[C@H](OC(=O)CC45CC6CC(CC(C6)C4)C5)[C@@H]3C=C(CO)C[C@]2(O)C1=O. The number of hydrogen-bond acceptors (Lipinski definition) is 6. The predicted molar refractivity (Wildman–Crippen MR) is 133 cm³/mol. The fourth-order valence-corrected chi connectivity index (χ4v) is 10.2. The summed E-state index contributed by atoms with van der Waals surface area (Å²) < 4.78 is 6.30. The quantitative estimate of drug-likeness (QED) is 0.403. The lowest BCUT2D eigenvalue weighted by molar-refractivity contribution is -0.205. The van der Waals surface area contributed by atoms with Crippen LogP contribution in [0.25, 0.3) is 0 Å². The van der Waals surface area contributed by atoms with E-state index in [1.165, 1.54) is 19.3 Å². The zero-order valence-electron chi connectivity index (χ0n) is 21.9. The minimum atomic E-state index is -1.79. The van der Waals surface area contributed by atoms with Gasteiger partial charge in [0.15, 0.2) is 5.78 Å². The summed E-state index contributed by atoms with van der Waals surface area (Å²) >= 11 is 0.